The molecule has 0 unspecified atom stereocenters. The van der Waals surface area contributed by atoms with Crippen LogP contribution in [-0.2, 0) is 13.0 Å². The summed E-state index contributed by atoms with van der Waals surface area (Å²) in [5, 5.41) is 3.36. The van der Waals surface area contributed by atoms with Gasteiger partial charge in [-0.05, 0) is 30.0 Å². The maximum atomic E-state index is 3.81. The molecular weight excluding hydrogens is 276 g/mol. The highest BCUT2D eigenvalue weighted by Gasteiger charge is 2.13. The van der Waals surface area contributed by atoms with Crippen molar-refractivity contribution in [3.63, 3.8) is 0 Å². The molecule has 2 nitrogen and oxygen atoms in total. The molecule has 17 heavy (non-hydrogen) atoms. The molecule has 1 heterocycles. The third kappa shape index (κ3) is 3.33. The average Bonchev–Trinajstić information content (AvgIpc) is 2.29. The summed E-state index contributed by atoms with van der Waals surface area (Å²) in [6, 6.07) is 6.79. The first-order chi connectivity index (χ1) is 8.16. The molecule has 0 amide bonds. The van der Waals surface area contributed by atoms with Gasteiger partial charge in [-0.15, -0.1) is 0 Å². The predicted molar refractivity (Wildman–Crippen MR) is 77.8 cm³/mol. The molecule has 1 aliphatic heterocycles. The van der Waals surface area contributed by atoms with E-state index in [-0.39, 0.29) is 0 Å². The summed E-state index contributed by atoms with van der Waals surface area (Å²) < 4.78 is 0.996. The van der Waals surface area contributed by atoms with E-state index in [1.807, 2.05) is 0 Å². The lowest BCUT2D eigenvalue weighted by Gasteiger charge is -2.27. The minimum absolute atomic E-state index is 0.816. The molecule has 1 aliphatic rings. The number of fused-ring (bicyclic) bond motifs is 1. The SMILES string of the molecule is C=C(Br)CNCc1ccc2c(c1)CCCN2C. The van der Waals surface area contributed by atoms with E-state index in [2.05, 4.69) is 58.0 Å². The summed E-state index contributed by atoms with van der Waals surface area (Å²) in [5.74, 6) is 0. The zero-order valence-electron chi connectivity index (χ0n) is 10.3. The van der Waals surface area contributed by atoms with Crippen LogP contribution < -0.4 is 10.2 Å². The lowest BCUT2D eigenvalue weighted by molar-refractivity contribution is 0.731. The van der Waals surface area contributed by atoms with Gasteiger partial charge in [-0.25, -0.2) is 0 Å². The second-order valence-corrected chi connectivity index (χ2v) is 5.73. The first kappa shape index (κ1) is 12.7. The maximum absolute atomic E-state index is 3.81. The number of nitrogens with one attached hydrogen (secondary N) is 1. The highest BCUT2D eigenvalue weighted by molar-refractivity contribution is 9.11. The lowest BCUT2D eigenvalue weighted by atomic mass is 9.99. The van der Waals surface area contributed by atoms with Crippen molar-refractivity contribution in [3.05, 3.63) is 40.4 Å². The van der Waals surface area contributed by atoms with Crippen molar-refractivity contribution in [1.29, 1.82) is 0 Å². The molecule has 2 rings (SSSR count). The highest BCUT2D eigenvalue weighted by Crippen LogP contribution is 2.26. The molecule has 0 saturated heterocycles. The highest BCUT2D eigenvalue weighted by atomic mass is 79.9. The number of hydrogen-bond acceptors (Lipinski definition) is 2. The summed E-state index contributed by atoms with van der Waals surface area (Å²) in [7, 11) is 2.17. The van der Waals surface area contributed by atoms with Gasteiger partial charge in [-0.2, -0.15) is 0 Å². The summed E-state index contributed by atoms with van der Waals surface area (Å²) in [4.78, 5) is 2.34. The van der Waals surface area contributed by atoms with Crippen LogP contribution in [0, 0.1) is 0 Å². The Morgan fingerprint density at radius 2 is 2.35 bits per heavy atom. The maximum Gasteiger partial charge on any atom is 0.0396 e. The molecule has 1 aromatic rings. The van der Waals surface area contributed by atoms with Gasteiger partial charge in [0.25, 0.3) is 0 Å². The van der Waals surface area contributed by atoms with Crippen LogP contribution >= 0.6 is 15.9 Å². The number of aryl methyl sites for hydroxylation is 1. The van der Waals surface area contributed by atoms with E-state index >= 15 is 0 Å². The van der Waals surface area contributed by atoms with Crippen LogP contribution in [0.5, 0.6) is 0 Å². The molecule has 0 aromatic heterocycles. The summed E-state index contributed by atoms with van der Waals surface area (Å²) >= 11 is 3.35. The predicted octanol–water partition coefficient (Wildman–Crippen LogP) is 3.07. The monoisotopic (exact) mass is 294 g/mol. The van der Waals surface area contributed by atoms with Crippen molar-refractivity contribution in [1.82, 2.24) is 5.32 Å². The molecule has 0 spiro atoms. The van der Waals surface area contributed by atoms with Gasteiger partial charge in [-0.1, -0.05) is 34.6 Å². The van der Waals surface area contributed by atoms with E-state index < -0.39 is 0 Å². The molecule has 1 aromatic carbocycles. The Balaban J connectivity index is 2.03. The Morgan fingerprint density at radius 3 is 3.12 bits per heavy atom. The van der Waals surface area contributed by atoms with Crippen LogP contribution in [0.15, 0.2) is 29.3 Å². The Kier molecular flexibility index (Phi) is 4.24. The number of halogens is 1. The molecule has 0 radical (unpaired) electrons. The third-order valence-electron chi connectivity index (χ3n) is 3.14. The van der Waals surface area contributed by atoms with Crippen molar-refractivity contribution >= 4 is 21.6 Å². The second kappa shape index (κ2) is 5.69. The van der Waals surface area contributed by atoms with E-state index in [1.54, 1.807) is 0 Å². The van der Waals surface area contributed by atoms with Crippen molar-refractivity contribution in [3.8, 4) is 0 Å². The molecule has 0 fully saturated rings. The normalized spacial score (nSPS) is 14.6. The van der Waals surface area contributed by atoms with Crippen molar-refractivity contribution in [2.75, 3.05) is 25.0 Å². The molecule has 3 heteroatoms. The number of anilines is 1. The Morgan fingerprint density at radius 1 is 1.53 bits per heavy atom. The van der Waals surface area contributed by atoms with Crippen LogP contribution in [0.4, 0.5) is 5.69 Å². The summed E-state index contributed by atoms with van der Waals surface area (Å²) in [5.41, 5.74) is 4.23. The van der Waals surface area contributed by atoms with Gasteiger partial charge in [0.1, 0.15) is 0 Å². The zero-order valence-corrected chi connectivity index (χ0v) is 11.9. The van der Waals surface area contributed by atoms with E-state index in [0.29, 0.717) is 0 Å². The van der Waals surface area contributed by atoms with Gasteiger partial charge >= 0.3 is 0 Å². The first-order valence-electron chi connectivity index (χ1n) is 6.04. The second-order valence-electron chi connectivity index (χ2n) is 4.61. The number of nitrogens with zero attached hydrogens (tertiary/aromatic N) is 1. The molecule has 92 valence electrons. The van der Waals surface area contributed by atoms with Crippen LogP contribution in [0.1, 0.15) is 17.5 Å². The Hall–Kier alpha value is -0.800. The van der Waals surface area contributed by atoms with Crippen LogP contribution in [0.2, 0.25) is 0 Å². The van der Waals surface area contributed by atoms with Crippen molar-refractivity contribution in [2.45, 2.75) is 19.4 Å². The molecule has 0 saturated carbocycles. The van der Waals surface area contributed by atoms with Crippen LogP contribution in [-0.4, -0.2) is 20.1 Å². The summed E-state index contributed by atoms with van der Waals surface area (Å²) in [6.45, 7) is 6.71. The first-order valence-corrected chi connectivity index (χ1v) is 6.83. The number of benzene rings is 1. The third-order valence-corrected chi connectivity index (χ3v) is 3.42. The van der Waals surface area contributed by atoms with Crippen LogP contribution in [0.3, 0.4) is 0 Å². The average molecular weight is 295 g/mol. The fourth-order valence-corrected chi connectivity index (χ4v) is 2.49. The Bertz CT molecular complexity index is 415. The van der Waals surface area contributed by atoms with Gasteiger partial charge in [0.05, 0.1) is 0 Å². The minimum Gasteiger partial charge on any atom is -0.374 e. The standard InChI is InChI=1S/C14H19BrN2/c1-11(15)9-16-10-12-5-6-14-13(8-12)4-3-7-17(14)2/h5-6,8,16H,1,3-4,7,9-10H2,2H3. The summed E-state index contributed by atoms with van der Waals surface area (Å²) in [6.07, 6.45) is 2.47. The fourth-order valence-electron chi connectivity index (χ4n) is 2.29. The van der Waals surface area contributed by atoms with E-state index in [4.69, 9.17) is 0 Å². The molecule has 0 aliphatic carbocycles. The lowest BCUT2D eigenvalue weighted by Crippen LogP contribution is -2.25. The van der Waals surface area contributed by atoms with Crippen molar-refractivity contribution in [2.24, 2.45) is 0 Å². The largest absolute Gasteiger partial charge is 0.374 e. The topological polar surface area (TPSA) is 15.3 Å². The molecule has 0 atom stereocenters. The minimum atomic E-state index is 0.816. The molecule has 1 N–H and O–H groups in total. The van der Waals surface area contributed by atoms with Gasteiger partial charge in [0.2, 0.25) is 0 Å². The smallest absolute Gasteiger partial charge is 0.0396 e. The van der Waals surface area contributed by atoms with Gasteiger partial charge in [0.15, 0.2) is 0 Å². The Labute approximate surface area is 112 Å². The molecular formula is C14H19BrN2. The number of hydrogen-bond donors (Lipinski definition) is 1. The zero-order chi connectivity index (χ0) is 12.3. The van der Waals surface area contributed by atoms with Crippen LogP contribution in [0.25, 0.3) is 0 Å². The van der Waals surface area contributed by atoms with Gasteiger partial charge < -0.3 is 10.2 Å². The van der Waals surface area contributed by atoms with Gasteiger partial charge in [-0.3, -0.25) is 0 Å². The van der Waals surface area contributed by atoms with E-state index in [0.717, 1.165) is 17.6 Å². The number of rotatable bonds is 4. The van der Waals surface area contributed by atoms with Gasteiger partial charge in [0, 0.05) is 36.9 Å². The fraction of sp³-hybridized carbons (Fsp3) is 0.429. The quantitative estimate of drug-likeness (QED) is 0.918. The molecule has 0 bridgehead atoms. The van der Waals surface area contributed by atoms with E-state index in [1.165, 1.54) is 36.2 Å². The van der Waals surface area contributed by atoms with Crippen molar-refractivity contribution < 1.29 is 0 Å². The van der Waals surface area contributed by atoms with E-state index in [9.17, 15) is 0 Å².